The highest BCUT2D eigenvalue weighted by Crippen LogP contribution is 2.33. The molecule has 8 nitrogen and oxygen atoms in total. The van der Waals surface area contributed by atoms with Crippen LogP contribution in [0.1, 0.15) is 20.8 Å². The van der Waals surface area contributed by atoms with Crippen molar-refractivity contribution in [1.82, 2.24) is 24.5 Å². The number of pyridine rings is 1. The van der Waals surface area contributed by atoms with Crippen molar-refractivity contribution in [2.24, 2.45) is 7.05 Å². The van der Waals surface area contributed by atoms with Gasteiger partial charge in [0.2, 0.25) is 0 Å². The van der Waals surface area contributed by atoms with E-state index in [1.807, 2.05) is 0 Å². The summed E-state index contributed by atoms with van der Waals surface area (Å²) in [6, 6.07) is 3.52. The molecular weight excluding hydrogens is 406 g/mol. The molecule has 0 aliphatic rings. The molecular formula is C21H20F2N6O2. The average Bonchev–Trinajstić information content (AvgIpc) is 3.22. The summed E-state index contributed by atoms with van der Waals surface area (Å²) in [6.45, 7) is 5.21. The van der Waals surface area contributed by atoms with Crippen molar-refractivity contribution < 1.29 is 18.3 Å². The molecule has 0 fully saturated rings. The number of benzene rings is 1. The molecule has 160 valence electrons. The van der Waals surface area contributed by atoms with Gasteiger partial charge >= 0.3 is 6.09 Å². The van der Waals surface area contributed by atoms with Crippen LogP contribution in [0.25, 0.3) is 33.4 Å². The van der Waals surface area contributed by atoms with E-state index in [2.05, 4.69) is 15.2 Å². The van der Waals surface area contributed by atoms with Crippen molar-refractivity contribution in [1.29, 1.82) is 0 Å². The Morgan fingerprint density at radius 3 is 2.39 bits per heavy atom. The van der Waals surface area contributed by atoms with E-state index in [1.165, 1.54) is 12.3 Å². The number of ether oxygens (including phenoxy) is 1. The standard InChI is InChI=1S/C21H20F2N6O2/c1-21(2,3)31-20(30)29-17-9-25-16(18-14(22)5-12(24)6-15(18)23)7-13(17)19(27-29)11-8-26-28(4)10-11/h5-10H,24H2,1-4H3. The van der Waals surface area contributed by atoms with Crippen molar-refractivity contribution in [3.63, 3.8) is 0 Å². The number of rotatable bonds is 2. The number of hydrogen-bond donors (Lipinski definition) is 1. The Bertz CT molecular complexity index is 1300. The first-order valence-corrected chi connectivity index (χ1v) is 9.39. The Balaban J connectivity index is 1.95. The molecule has 0 aliphatic carbocycles. The maximum Gasteiger partial charge on any atom is 0.435 e. The molecule has 10 heteroatoms. The molecule has 0 unspecified atom stereocenters. The molecule has 1 aromatic carbocycles. The van der Waals surface area contributed by atoms with Gasteiger partial charge in [-0.3, -0.25) is 9.67 Å². The lowest BCUT2D eigenvalue weighted by Gasteiger charge is -2.19. The van der Waals surface area contributed by atoms with Crippen LogP contribution in [0, 0.1) is 11.6 Å². The molecule has 0 saturated heterocycles. The van der Waals surface area contributed by atoms with E-state index in [0.717, 1.165) is 16.8 Å². The summed E-state index contributed by atoms with van der Waals surface area (Å²) in [5.41, 5.74) is 5.79. The minimum Gasteiger partial charge on any atom is -0.442 e. The van der Waals surface area contributed by atoms with Crippen LogP contribution in [-0.4, -0.2) is 36.2 Å². The molecule has 2 N–H and O–H groups in total. The molecule has 31 heavy (non-hydrogen) atoms. The first-order chi connectivity index (χ1) is 14.5. The van der Waals surface area contributed by atoms with Gasteiger partial charge in [0.15, 0.2) is 0 Å². The molecule has 0 amide bonds. The maximum absolute atomic E-state index is 14.5. The molecule has 0 bridgehead atoms. The second-order valence-electron chi connectivity index (χ2n) is 8.09. The third kappa shape index (κ3) is 3.83. The zero-order valence-corrected chi connectivity index (χ0v) is 17.3. The highest BCUT2D eigenvalue weighted by Gasteiger charge is 2.24. The number of nitrogens with two attached hydrogens (primary N) is 1. The summed E-state index contributed by atoms with van der Waals surface area (Å²) >= 11 is 0. The molecule has 0 aliphatic heterocycles. The van der Waals surface area contributed by atoms with Gasteiger partial charge < -0.3 is 10.5 Å². The van der Waals surface area contributed by atoms with Gasteiger partial charge in [-0.15, -0.1) is 0 Å². The molecule has 0 radical (unpaired) electrons. The predicted molar refractivity (Wildman–Crippen MR) is 111 cm³/mol. The topological polar surface area (TPSA) is 101 Å². The van der Waals surface area contributed by atoms with Gasteiger partial charge in [0.05, 0.1) is 29.2 Å². The Morgan fingerprint density at radius 1 is 1.13 bits per heavy atom. The molecule has 4 rings (SSSR count). The third-order valence-electron chi connectivity index (χ3n) is 4.43. The molecule has 3 aromatic heterocycles. The third-order valence-corrected chi connectivity index (χ3v) is 4.43. The number of fused-ring (bicyclic) bond motifs is 1. The van der Waals surface area contributed by atoms with E-state index in [9.17, 15) is 13.6 Å². The second-order valence-corrected chi connectivity index (χ2v) is 8.09. The monoisotopic (exact) mass is 426 g/mol. The van der Waals surface area contributed by atoms with E-state index in [-0.39, 0.29) is 16.9 Å². The number of carbonyl (C=O) groups is 1. The average molecular weight is 426 g/mol. The lowest BCUT2D eigenvalue weighted by Crippen LogP contribution is -2.27. The van der Waals surface area contributed by atoms with Crippen LogP contribution in [0.5, 0.6) is 0 Å². The number of aromatic nitrogens is 5. The van der Waals surface area contributed by atoms with Crippen LogP contribution in [0.2, 0.25) is 0 Å². The van der Waals surface area contributed by atoms with Crippen LogP contribution in [-0.2, 0) is 11.8 Å². The summed E-state index contributed by atoms with van der Waals surface area (Å²) in [5.74, 6) is -1.68. The number of halogens is 2. The van der Waals surface area contributed by atoms with Crippen LogP contribution in [0.15, 0.2) is 36.8 Å². The lowest BCUT2D eigenvalue weighted by atomic mass is 10.1. The minimum absolute atomic E-state index is 0.0337. The predicted octanol–water partition coefficient (Wildman–Crippen LogP) is 4.14. The normalized spacial score (nSPS) is 11.8. The van der Waals surface area contributed by atoms with Crippen LogP contribution >= 0.6 is 0 Å². The minimum atomic E-state index is -0.841. The molecule has 3 heterocycles. The number of nitrogen functional groups attached to an aromatic ring is 1. The highest BCUT2D eigenvalue weighted by atomic mass is 19.1. The summed E-state index contributed by atoms with van der Waals surface area (Å²) in [5, 5.41) is 8.98. The summed E-state index contributed by atoms with van der Waals surface area (Å²) in [4.78, 5) is 16.9. The summed E-state index contributed by atoms with van der Waals surface area (Å²) in [6.07, 6.45) is 3.92. The Hall–Kier alpha value is -3.82. The fraction of sp³-hybridized carbons (Fsp3) is 0.238. The maximum atomic E-state index is 14.5. The van der Waals surface area contributed by atoms with Gasteiger partial charge in [-0.05, 0) is 39.0 Å². The quantitative estimate of drug-likeness (QED) is 0.484. The van der Waals surface area contributed by atoms with Crippen LogP contribution in [0.4, 0.5) is 19.3 Å². The fourth-order valence-electron chi connectivity index (χ4n) is 3.19. The molecule has 4 aromatic rings. The zero-order chi connectivity index (χ0) is 22.5. The van der Waals surface area contributed by atoms with E-state index in [1.54, 1.807) is 44.9 Å². The SMILES string of the molecule is Cn1cc(-c2nn(C(=O)OC(C)(C)C)c3cnc(-c4c(F)cc(N)cc4F)cc23)cn1. The largest absolute Gasteiger partial charge is 0.442 e. The number of nitrogens with zero attached hydrogens (tertiary/aromatic N) is 5. The van der Waals surface area contributed by atoms with Gasteiger partial charge in [-0.2, -0.15) is 14.9 Å². The Kier molecular flexibility index (Phi) is 4.72. The lowest BCUT2D eigenvalue weighted by molar-refractivity contribution is 0.0523. The molecule has 0 saturated carbocycles. The van der Waals surface area contributed by atoms with Crippen LogP contribution in [0.3, 0.4) is 0 Å². The van der Waals surface area contributed by atoms with Gasteiger partial charge in [0, 0.05) is 29.9 Å². The van der Waals surface area contributed by atoms with E-state index < -0.39 is 23.3 Å². The van der Waals surface area contributed by atoms with Gasteiger partial charge in [-0.1, -0.05) is 0 Å². The summed E-state index contributed by atoms with van der Waals surface area (Å²) in [7, 11) is 1.74. The molecule has 0 spiro atoms. The fourth-order valence-corrected chi connectivity index (χ4v) is 3.19. The van der Waals surface area contributed by atoms with Gasteiger partial charge in [-0.25, -0.2) is 13.6 Å². The molecule has 0 atom stereocenters. The number of carbonyl (C=O) groups excluding carboxylic acids is 1. The van der Waals surface area contributed by atoms with Crippen molar-refractivity contribution in [2.75, 3.05) is 5.73 Å². The van der Waals surface area contributed by atoms with E-state index in [0.29, 0.717) is 22.2 Å². The van der Waals surface area contributed by atoms with Crippen molar-refractivity contribution in [2.45, 2.75) is 26.4 Å². The number of hydrogen-bond acceptors (Lipinski definition) is 6. The van der Waals surface area contributed by atoms with Crippen molar-refractivity contribution in [3.05, 3.63) is 48.4 Å². The Morgan fingerprint density at radius 2 is 1.81 bits per heavy atom. The van der Waals surface area contributed by atoms with Gasteiger partial charge in [0.25, 0.3) is 0 Å². The Labute approximate surface area is 176 Å². The second kappa shape index (κ2) is 7.15. The van der Waals surface area contributed by atoms with Crippen LogP contribution < -0.4 is 5.73 Å². The summed E-state index contributed by atoms with van der Waals surface area (Å²) < 4.78 is 37.0. The van der Waals surface area contributed by atoms with Gasteiger partial charge in [0.1, 0.15) is 22.9 Å². The van der Waals surface area contributed by atoms with E-state index in [4.69, 9.17) is 10.5 Å². The highest BCUT2D eigenvalue weighted by molar-refractivity contribution is 5.98. The first kappa shape index (κ1) is 20.5. The van der Waals surface area contributed by atoms with Crippen molar-refractivity contribution >= 4 is 22.7 Å². The van der Waals surface area contributed by atoms with Crippen molar-refractivity contribution in [3.8, 4) is 22.5 Å². The first-order valence-electron chi connectivity index (χ1n) is 9.39. The smallest absolute Gasteiger partial charge is 0.435 e. The zero-order valence-electron chi connectivity index (χ0n) is 17.3. The number of aryl methyl sites for hydroxylation is 1. The van der Waals surface area contributed by atoms with E-state index >= 15 is 0 Å². The number of anilines is 1.